The van der Waals surface area contributed by atoms with Crippen molar-refractivity contribution in [2.45, 2.75) is 6.04 Å². The van der Waals surface area contributed by atoms with Crippen molar-refractivity contribution in [3.05, 3.63) is 115 Å². The fourth-order valence-electron chi connectivity index (χ4n) is 3.46. The van der Waals surface area contributed by atoms with E-state index in [0.29, 0.717) is 23.1 Å². The second-order valence-electron chi connectivity index (χ2n) is 6.92. The summed E-state index contributed by atoms with van der Waals surface area (Å²) in [6, 6.07) is 24.1. The summed E-state index contributed by atoms with van der Waals surface area (Å²) < 4.78 is 5.64. The number of benzene rings is 2. The molecule has 0 bridgehead atoms. The summed E-state index contributed by atoms with van der Waals surface area (Å²) in [5, 5.41) is 3.49. The molecule has 0 saturated heterocycles. The highest BCUT2D eigenvalue weighted by Crippen LogP contribution is 2.31. The summed E-state index contributed by atoms with van der Waals surface area (Å²) in [4.78, 5) is 18.0. The summed E-state index contributed by atoms with van der Waals surface area (Å²) in [7, 11) is 0. The Bertz CT molecular complexity index is 1200. The molecule has 0 aliphatic heterocycles. The van der Waals surface area contributed by atoms with Gasteiger partial charge in [-0.3, -0.25) is 9.97 Å². The first-order valence-corrected chi connectivity index (χ1v) is 9.92. The lowest BCUT2D eigenvalue weighted by Crippen LogP contribution is -2.14. The Kier molecular flexibility index (Phi) is 5.18. The lowest BCUT2D eigenvalue weighted by Gasteiger charge is -2.20. The van der Waals surface area contributed by atoms with Crippen molar-refractivity contribution in [1.82, 2.24) is 19.9 Å². The normalized spacial score (nSPS) is 10.9. The van der Waals surface area contributed by atoms with Gasteiger partial charge < -0.3 is 9.73 Å². The van der Waals surface area contributed by atoms with Crippen molar-refractivity contribution >= 4 is 5.95 Å². The van der Waals surface area contributed by atoms with Crippen molar-refractivity contribution < 1.29 is 4.42 Å². The van der Waals surface area contributed by atoms with Crippen LogP contribution in [0.1, 0.15) is 17.2 Å². The van der Waals surface area contributed by atoms with Crippen molar-refractivity contribution in [1.29, 1.82) is 0 Å². The Hall–Kier alpha value is -4.32. The van der Waals surface area contributed by atoms with Crippen LogP contribution in [0, 0.1) is 0 Å². The summed E-state index contributed by atoms with van der Waals surface area (Å²) >= 11 is 0. The number of aromatic nitrogens is 4. The van der Waals surface area contributed by atoms with Gasteiger partial charge in [0.1, 0.15) is 5.69 Å². The molecule has 0 saturated carbocycles. The van der Waals surface area contributed by atoms with E-state index in [2.05, 4.69) is 44.5 Å². The molecular weight excluding hydrogens is 386 g/mol. The maximum atomic E-state index is 5.64. The smallest absolute Gasteiger partial charge is 0.224 e. The van der Waals surface area contributed by atoms with Gasteiger partial charge in [-0.15, -0.1) is 0 Å². The third-order valence-electron chi connectivity index (χ3n) is 4.92. The van der Waals surface area contributed by atoms with Crippen LogP contribution in [0.4, 0.5) is 5.95 Å². The summed E-state index contributed by atoms with van der Waals surface area (Å²) in [6.45, 7) is 0. The zero-order valence-electron chi connectivity index (χ0n) is 16.6. The SMILES string of the molecule is c1ccc(C(Nc2ncc(-c3cnccn3)c(-c3ccco3)n2)c2ccccc2)cc1. The number of hydrogen-bond donors (Lipinski definition) is 1. The van der Waals surface area contributed by atoms with Crippen molar-refractivity contribution in [3.63, 3.8) is 0 Å². The van der Waals surface area contributed by atoms with Crippen LogP contribution in [0.2, 0.25) is 0 Å². The molecular formula is C25H19N5O. The molecule has 0 aliphatic rings. The third-order valence-corrected chi connectivity index (χ3v) is 4.92. The maximum absolute atomic E-state index is 5.64. The van der Waals surface area contributed by atoms with Crippen molar-refractivity contribution in [2.24, 2.45) is 0 Å². The minimum Gasteiger partial charge on any atom is -0.463 e. The second kappa shape index (κ2) is 8.59. The number of anilines is 1. The molecule has 3 aromatic heterocycles. The molecule has 0 radical (unpaired) electrons. The topological polar surface area (TPSA) is 76.7 Å². The van der Waals surface area contributed by atoms with Crippen LogP contribution < -0.4 is 5.32 Å². The Balaban J connectivity index is 1.57. The van der Waals surface area contributed by atoms with Gasteiger partial charge in [-0.2, -0.15) is 0 Å². The van der Waals surface area contributed by atoms with Crippen LogP contribution in [0.3, 0.4) is 0 Å². The Labute approximate surface area is 179 Å². The van der Waals surface area contributed by atoms with E-state index in [1.807, 2.05) is 48.5 Å². The quantitative estimate of drug-likeness (QED) is 0.408. The van der Waals surface area contributed by atoms with Gasteiger partial charge in [0, 0.05) is 24.2 Å². The molecule has 6 heteroatoms. The molecule has 6 nitrogen and oxygen atoms in total. The molecule has 5 aromatic rings. The average molecular weight is 405 g/mol. The number of furan rings is 1. The summed E-state index contributed by atoms with van der Waals surface area (Å²) in [5.74, 6) is 1.14. The van der Waals surface area contributed by atoms with Gasteiger partial charge in [0.05, 0.1) is 24.2 Å². The first-order valence-electron chi connectivity index (χ1n) is 9.92. The molecule has 0 fully saturated rings. The molecule has 0 atom stereocenters. The fraction of sp³-hybridized carbons (Fsp3) is 0.0400. The van der Waals surface area contributed by atoms with Gasteiger partial charge in [-0.05, 0) is 23.3 Å². The van der Waals surface area contributed by atoms with Crippen molar-refractivity contribution in [3.8, 4) is 22.7 Å². The lowest BCUT2D eigenvalue weighted by molar-refractivity contribution is 0.580. The monoisotopic (exact) mass is 405 g/mol. The number of nitrogens with one attached hydrogen (secondary N) is 1. The molecule has 31 heavy (non-hydrogen) atoms. The predicted molar refractivity (Wildman–Crippen MR) is 119 cm³/mol. The van der Waals surface area contributed by atoms with Crippen LogP contribution >= 0.6 is 0 Å². The highest BCUT2D eigenvalue weighted by molar-refractivity contribution is 5.76. The molecule has 0 amide bonds. The minimum absolute atomic E-state index is 0.103. The number of hydrogen-bond acceptors (Lipinski definition) is 6. The van der Waals surface area contributed by atoms with Crippen LogP contribution in [-0.2, 0) is 0 Å². The molecule has 0 aliphatic carbocycles. The van der Waals surface area contributed by atoms with Crippen LogP contribution in [-0.4, -0.2) is 19.9 Å². The molecule has 2 aromatic carbocycles. The van der Waals surface area contributed by atoms with Gasteiger partial charge in [0.15, 0.2) is 5.76 Å². The van der Waals surface area contributed by atoms with E-state index in [1.54, 1.807) is 31.1 Å². The number of nitrogens with zero attached hydrogens (tertiary/aromatic N) is 4. The third kappa shape index (κ3) is 4.04. The number of rotatable bonds is 6. The first-order chi connectivity index (χ1) is 15.4. The fourth-order valence-corrected chi connectivity index (χ4v) is 3.46. The lowest BCUT2D eigenvalue weighted by atomic mass is 9.99. The van der Waals surface area contributed by atoms with Gasteiger partial charge in [0.2, 0.25) is 5.95 Å². The minimum atomic E-state index is -0.103. The van der Waals surface area contributed by atoms with E-state index in [0.717, 1.165) is 16.7 Å². The van der Waals surface area contributed by atoms with Gasteiger partial charge >= 0.3 is 0 Å². The largest absolute Gasteiger partial charge is 0.463 e. The molecule has 150 valence electrons. The first kappa shape index (κ1) is 18.7. The molecule has 3 heterocycles. The van der Waals surface area contributed by atoms with E-state index >= 15 is 0 Å². The van der Waals surface area contributed by atoms with E-state index in [1.165, 1.54) is 0 Å². The predicted octanol–water partition coefficient (Wildman–Crippen LogP) is 5.40. The van der Waals surface area contributed by atoms with Gasteiger partial charge in [-0.25, -0.2) is 9.97 Å². The van der Waals surface area contributed by atoms with Crippen LogP contribution in [0.15, 0.2) is 108 Å². The van der Waals surface area contributed by atoms with Gasteiger partial charge in [-0.1, -0.05) is 60.7 Å². The second-order valence-corrected chi connectivity index (χ2v) is 6.92. The highest BCUT2D eigenvalue weighted by atomic mass is 16.3. The summed E-state index contributed by atoms with van der Waals surface area (Å²) in [5.41, 5.74) is 4.33. The van der Waals surface area contributed by atoms with E-state index < -0.39 is 0 Å². The zero-order valence-corrected chi connectivity index (χ0v) is 16.6. The molecule has 5 rings (SSSR count). The van der Waals surface area contributed by atoms with Crippen molar-refractivity contribution in [2.75, 3.05) is 5.32 Å². The Morgan fingerprint density at radius 1 is 0.742 bits per heavy atom. The summed E-state index contributed by atoms with van der Waals surface area (Å²) in [6.07, 6.45) is 8.35. The van der Waals surface area contributed by atoms with E-state index in [9.17, 15) is 0 Å². The van der Waals surface area contributed by atoms with E-state index in [-0.39, 0.29) is 6.04 Å². The van der Waals surface area contributed by atoms with E-state index in [4.69, 9.17) is 9.40 Å². The molecule has 1 N–H and O–H groups in total. The Morgan fingerprint density at radius 2 is 1.48 bits per heavy atom. The average Bonchev–Trinajstić information content (AvgIpc) is 3.39. The van der Waals surface area contributed by atoms with Gasteiger partial charge in [0.25, 0.3) is 0 Å². The Morgan fingerprint density at radius 3 is 2.10 bits per heavy atom. The zero-order chi connectivity index (χ0) is 20.9. The maximum Gasteiger partial charge on any atom is 0.224 e. The van der Waals surface area contributed by atoms with Crippen LogP contribution in [0.5, 0.6) is 0 Å². The standard InChI is InChI=1S/C25H19N5O/c1-3-8-18(9-4-1)23(19-10-5-2-6-11-19)29-25-28-16-20(21-17-26-13-14-27-21)24(30-25)22-12-7-15-31-22/h1-17,23H,(H,28,29,30). The highest BCUT2D eigenvalue weighted by Gasteiger charge is 2.19. The molecule has 0 unspecified atom stereocenters. The molecule has 0 spiro atoms. The van der Waals surface area contributed by atoms with Crippen LogP contribution in [0.25, 0.3) is 22.7 Å².